The fourth-order valence-electron chi connectivity index (χ4n) is 9.63. The van der Waals surface area contributed by atoms with Gasteiger partial charge in [-0.15, -0.1) is 0 Å². The number of furan rings is 1. The summed E-state index contributed by atoms with van der Waals surface area (Å²) in [7, 11) is 0. The predicted molar refractivity (Wildman–Crippen MR) is 240 cm³/mol. The molecule has 0 N–H and O–H groups in total. The fourth-order valence-corrected chi connectivity index (χ4v) is 9.63. The molecule has 10 aromatic rings. The number of rotatable bonds is 6. The SMILES string of the molecule is c1ccc(N(c2ccccc2)c2ccc3c(c2)C2(c4cc5c(cc4O3)oc3ccc(N(c4ccccc4)c4ccccc4)cc35)c3ccccc3-c3ccccc32)cc1. The number of anilines is 6. The van der Waals surface area contributed by atoms with Crippen LogP contribution in [0.25, 0.3) is 33.1 Å². The summed E-state index contributed by atoms with van der Waals surface area (Å²) in [6.45, 7) is 0. The molecule has 4 nitrogen and oxygen atoms in total. The molecular formula is C55H36N2O2. The minimum absolute atomic E-state index is 0.680. The van der Waals surface area contributed by atoms with Crippen LogP contribution in [0.5, 0.6) is 11.5 Å². The van der Waals surface area contributed by atoms with Crippen LogP contribution in [0.2, 0.25) is 0 Å². The molecule has 0 radical (unpaired) electrons. The number of nitrogens with zero attached hydrogens (tertiary/aromatic N) is 2. The fraction of sp³-hybridized carbons (Fsp3) is 0.0182. The topological polar surface area (TPSA) is 28.9 Å². The van der Waals surface area contributed by atoms with Crippen molar-refractivity contribution in [3.63, 3.8) is 0 Å². The Kier molecular flexibility index (Phi) is 7.41. The van der Waals surface area contributed by atoms with Gasteiger partial charge >= 0.3 is 0 Å². The van der Waals surface area contributed by atoms with Gasteiger partial charge in [0.05, 0.1) is 5.41 Å². The lowest BCUT2D eigenvalue weighted by atomic mass is 9.66. The summed E-state index contributed by atoms with van der Waals surface area (Å²) in [6.07, 6.45) is 0. The molecule has 4 heteroatoms. The molecule has 0 saturated heterocycles. The summed E-state index contributed by atoms with van der Waals surface area (Å²) in [6, 6.07) is 77.7. The number of hydrogen-bond acceptors (Lipinski definition) is 4. The summed E-state index contributed by atoms with van der Waals surface area (Å²) < 4.78 is 13.7. The molecule has 12 rings (SSSR count). The number of benzene rings is 9. The highest BCUT2D eigenvalue weighted by molar-refractivity contribution is 6.08. The average Bonchev–Trinajstić information content (AvgIpc) is 3.80. The highest BCUT2D eigenvalue weighted by Crippen LogP contribution is 2.63. The van der Waals surface area contributed by atoms with E-state index in [0.29, 0.717) is 0 Å². The highest BCUT2D eigenvalue weighted by atomic mass is 16.5. The molecule has 2 aliphatic rings. The van der Waals surface area contributed by atoms with Crippen LogP contribution < -0.4 is 14.5 Å². The Morgan fingerprint density at radius 3 is 1.29 bits per heavy atom. The third-order valence-electron chi connectivity index (χ3n) is 12.1. The first kappa shape index (κ1) is 33.3. The molecule has 9 aromatic carbocycles. The van der Waals surface area contributed by atoms with Gasteiger partial charge in [-0.3, -0.25) is 0 Å². The Morgan fingerprint density at radius 2 is 0.746 bits per heavy atom. The standard InChI is InChI=1S/C55H36N2O2/c1-5-17-37(18-6-1)56(38-19-7-2-8-20-38)41-29-31-51-45(33-41)46-35-50-54(36-53(46)58-51)59-52-32-30-42(57(39-21-9-3-10-22-39)40-23-11-4-12-24-40)34-49(52)55(50)47-27-15-13-25-43(47)44-26-14-16-28-48(44)55/h1-36H. The number of para-hydroxylation sites is 4. The van der Waals surface area contributed by atoms with E-state index in [0.717, 1.165) is 78.7 Å². The van der Waals surface area contributed by atoms with Gasteiger partial charge in [-0.1, -0.05) is 121 Å². The Balaban J connectivity index is 1.12. The summed E-state index contributed by atoms with van der Waals surface area (Å²) in [4.78, 5) is 4.63. The van der Waals surface area contributed by atoms with Crippen molar-refractivity contribution in [3.05, 3.63) is 241 Å². The smallest absolute Gasteiger partial charge is 0.139 e. The van der Waals surface area contributed by atoms with Crippen molar-refractivity contribution in [2.75, 3.05) is 9.80 Å². The molecular weight excluding hydrogens is 721 g/mol. The largest absolute Gasteiger partial charge is 0.457 e. The van der Waals surface area contributed by atoms with E-state index in [1.54, 1.807) is 0 Å². The zero-order valence-corrected chi connectivity index (χ0v) is 32.0. The van der Waals surface area contributed by atoms with E-state index in [-0.39, 0.29) is 0 Å². The molecule has 0 saturated carbocycles. The molecule has 1 aromatic heterocycles. The molecule has 1 aliphatic carbocycles. The molecule has 278 valence electrons. The van der Waals surface area contributed by atoms with E-state index in [1.165, 1.54) is 22.3 Å². The number of ether oxygens (including phenoxy) is 1. The monoisotopic (exact) mass is 756 g/mol. The normalized spacial score (nSPS) is 13.0. The van der Waals surface area contributed by atoms with Gasteiger partial charge in [-0.2, -0.15) is 0 Å². The molecule has 2 heterocycles. The molecule has 0 bridgehead atoms. The van der Waals surface area contributed by atoms with E-state index >= 15 is 0 Å². The molecule has 0 unspecified atom stereocenters. The highest BCUT2D eigenvalue weighted by Gasteiger charge is 2.51. The second-order valence-corrected chi connectivity index (χ2v) is 15.3. The van der Waals surface area contributed by atoms with E-state index in [4.69, 9.17) is 9.15 Å². The van der Waals surface area contributed by atoms with Gasteiger partial charge in [0.15, 0.2) is 0 Å². The van der Waals surface area contributed by atoms with Crippen LogP contribution in [0.15, 0.2) is 223 Å². The Morgan fingerprint density at radius 1 is 0.305 bits per heavy atom. The molecule has 0 atom stereocenters. The minimum atomic E-state index is -0.680. The van der Waals surface area contributed by atoms with Crippen LogP contribution in [-0.2, 0) is 5.41 Å². The lowest BCUT2D eigenvalue weighted by Gasteiger charge is -2.40. The quantitative estimate of drug-likeness (QED) is 0.169. The molecule has 1 aliphatic heterocycles. The van der Waals surface area contributed by atoms with Crippen LogP contribution in [0.3, 0.4) is 0 Å². The lowest BCUT2D eigenvalue weighted by Crippen LogP contribution is -2.32. The van der Waals surface area contributed by atoms with Crippen LogP contribution in [-0.4, -0.2) is 0 Å². The predicted octanol–water partition coefficient (Wildman–Crippen LogP) is 15.0. The first-order valence-electron chi connectivity index (χ1n) is 20.1. The van der Waals surface area contributed by atoms with Crippen LogP contribution >= 0.6 is 0 Å². The third kappa shape index (κ3) is 5.03. The lowest BCUT2D eigenvalue weighted by molar-refractivity contribution is 0.436. The van der Waals surface area contributed by atoms with Gasteiger partial charge in [-0.05, 0) is 113 Å². The van der Waals surface area contributed by atoms with Crippen molar-refractivity contribution in [1.82, 2.24) is 0 Å². The third-order valence-corrected chi connectivity index (χ3v) is 12.1. The van der Waals surface area contributed by atoms with Gasteiger partial charge in [0.25, 0.3) is 0 Å². The van der Waals surface area contributed by atoms with E-state index in [9.17, 15) is 0 Å². The zero-order chi connectivity index (χ0) is 38.9. The van der Waals surface area contributed by atoms with E-state index in [2.05, 4.69) is 228 Å². The second-order valence-electron chi connectivity index (χ2n) is 15.3. The van der Waals surface area contributed by atoms with E-state index in [1.807, 2.05) is 0 Å². The average molecular weight is 757 g/mol. The minimum Gasteiger partial charge on any atom is -0.457 e. The summed E-state index contributed by atoms with van der Waals surface area (Å²) >= 11 is 0. The summed E-state index contributed by atoms with van der Waals surface area (Å²) in [5, 5.41) is 2.09. The van der Waals surface area contributed by atoms with Gasteiger partial charge in [0, 0.05) is 62.1 Å². The molecule has 0 fully saturated rings. The van der Waals surface area contributed by atoms with Crippen molar-refractivity contribution in [2.45, 2.75) is 5.41 Å². The van der Waals surface area contributed by atoms with Crippen LogP contribution in [0.1, 0.15) is 22.3 Å². The van der Waals surface area contributed by atoms with E-state index < -0.39 is 5.41 Å². The Bertz CT molecular complexity index is 3070. The molecule has 0 amide bonds. The Hall–Kier alpha value is -7.82. The van der Waals surface area contributed by atoms with Gasteiger partial charge in [0.1, 0.15) is 22.7 Å². The first-order chi connectivity index (χ1) is 29.3. The maximum absolute atomic E-state index is 7.04. The first-order valence-corrected chi connectivity index (χ1v) is 20.1. The number of hydrogen-bond donors (Lipinski definition) is 0. The van der Waals surface area contributed by atoms with Crippen LogP contribution in [0.4, 0.5) is 34.1 Å². The van der Waals surface area contributed by atoms with Gasteiger partial charge in [0.2, 0.25) is 0 Å². The van der Waals surface area contributed by atoms with Crippen molar-refractivity contribution in [1.29, 1.82) is 0 Å². The number of fused-ring (bicyclic) bond motifs is 12. The van der Waals surface area contributed by atoms with Crippen molar-refractivity contribution in [2.24, 2.45) is 0 Å². The summed E-state index contributed by atoms with van der Waals surface area (Å²) in [5.41, 5.74) is 14.5. The zero-order valence-electron chi connectivity index (χ0n) is 32.0. The van der Waals surface area contributed by atoms with Crippen LogP contribution in [0, 0.1) is 0 Å². The molecule has 59 heavy (non-hydrogen) atoms. The maximum atomic E-state index is 7.04. The maximum Gasteiger partial charge on any atom is 0.139 e. The Labute approximate surface area is 342 Å². The van der Waals surface area contributed by atoms with Crippen molar-refractivity contribution in [3.8, 4) is 22.6 Å². The van der Waals surface area contributed by atoms with Gasteiger partial charge < -0.3 is 19.0 Å². The molecule has 1 spiro atoms. The van der Waals surface area contributed by atoms with Crippen molar-refractivity contribution < 1.29 is 9.15 Å². The van der Waals surface area contributed by atoms with Crippen molar-refractivity contribution >= 4 is 56.1 Å². The summed E-state index contributed by atoms with van der Waals surface area (Å²) in [5.74, 6) is 1.62. The van der Waals surface area contributed by atoms with Gasteiger partial charge in [-0.25, -0.2) is 0 Å². The second kappa shape index (κ2) is 13.1.